The molecule has 0 radical (unpaired) electrons. The van der Waals surface area contributed by atoms with Gasteiger partial charge in [-0.2, -0.15) is 0 Å². The second kappa shape index (κ2) is 4.72. The van der Waals surface area contributed by atoms with Crippen LogP contribution in [0.25, 0.3) is 0 Å². The molecule has 3 heteroatoms. The van der Waals surface area contributed by atoms with Gasteiger partial charge in [0, 0.05) is 18.8 Å². The minimum absolute atomic E-state index is 0.470. The van der Waals surface area contributed by atoms with E-state index in [4.69, 9.17) is 0 Å². The lowest BCUT2D eigenvalue weighted by atomic mass is 10.1. The normalized spacial score (nSPS) is 12.5. The molecule has 0 aliphatic carbocycles. The molecular formula is C10H14N2O. The molecule has 0 saturated heterocycles. The maximum absolute atomic E-state index is 9.64. The van der Waals surface area contributed by atoms with Gasteiger partial charge in [0.2, 0.25) is 0 Å². The molecule has 1 rings (SSSR count). The minimum Gasteiger partial charge on any atom is -0.385 e. The molecule has 1 atom stereocenters. The molecule has 0 bridgehead atoms. The lowest BCUT2D eigenvalue weighted by Gasteiger charge is -2.09. The first-order valence-electron chi connectivity index (χ1n) is 4.35. The van der Waals surface area contributed by atoms with Crippen LogP contribution in [-0.4, -0.2) is 15.1 Å². The lowest BCUT2D eigenvalue weighted by Crippen LogP contribution is -2.03. The molecule has 0 aromatic carbocycles. The summed E-state index contributed by atoms with van der Waals surface area (Å²) in [7, 11) is 0. The lowest BCUT2D eigenvalue weighted by molar-refractivity contribution is 0.167. The van der Waals surface area contributed by atoms with Crippen molar-refractivity contribution in [3.8, 4) is 0 Å². The monoisotopic (exact) mass is 178 g/mol. The number of rotatable bonds is 4. The molecule has 0 fully saturated rings. The summed E-state index contributed by atoms with van der Waals surface area (Å²) in [5, 5.41) is 9.64. The fourth-order valence-corrected chi connectivity index (χ4v) is 0.992. The second-order valence-corrected chi connectivity index (χ2v) is 2.93. The molecule has 0 spiro atoms. The smallest absolute Gasteiger partial charge is 0.157 e. The minimum atomic E-state index is -0.617. The van der Waals surface area contributed by atoms with Crippen LogP contribution < -0.4 is 0 Å². The van der Waals surface area contributed by atoms with E-state index in [2.05, 4.69) is 16.5 Å². The van der Waals surface area contributed by atoms with E-state index in [1.807, 2.05) is 6.92 Å². The summed E-state index contributed by atoms with van der Waals surface area (Å²) >= 11 is 0. The van der Waals surface area contributed by atoms with Gasteiger partial charge in [-0.3, -0.25) is 0 Å². The molecule has 0 saturated carbocycles. The highest BCUT2D eigenvalue weighted by atomic mass is 16.3. The Kier molecular flexibility index (Phi) is 3.58. The van der Waals surface area contributed by atoms with Crippen molar-refractivity contribution in [1.29, 1.82) is 0 Å². The maximum atomic E-state index is 9.64. The molecule has 1 heterocycles. The Balaban J connectivity index is 2.59. The van der Waals surface area contributed by atoms with E-state index >= 15 is 0 Å². The average Bonchev–Trinajstić information content (AvgIpc) is 2.19. The van der Waals surface area contributed by atoms with Gasteiger partial charge in [0.15, 0.2) is 5.82 Å². The van der Waals surface area contributed by atoms with Crippen molar-refractivity contribution < 1.29 is 5.11 Å². The van der Waals surface area contributed by atoms with Gasteiger partial charge in [0.25, 0.3) is 0 Å². The van der Waals surface area contributed by atoms with Gasteiger partial charge >= 0.3 is 0 Å². The summed E-state index contributed by atoms with van der Waals surface area (Å²) in [4.78, 5) is 7.93. The molecule has 13 heavy (non-hydrogen) atoms. The summed E-state index contributed by atoms with van der Waals surface area (Å²) in [5.41, 5.74) is 1.01. The number of aliphatic hydroxyl groups excluding tert-OH is 1. The number of aromatic nitrogens is 2. The van der Waals surface area contributed by atoms with Crippen LogP contribution in [0.2, 0.25) is 0 Å². The van der Waals surface area contributed by atoms with Gasteiger partial charge in [0.1, 0.15) is 6.10 Å². The van der Waals surface area contributed by atoms with Crippen molar-refractivity contribution in [3.05, 3.63) is 36.4 Å². The standard InChI is InChI=1S/C10H14N2O/c1-3-8(2)7-9(13)10-11-5-4-6-12-10/h4-6,9,13H,2-3,7H2,1H3. The van der Waals surface area contributed by atoms with Gasteiger partial charge in [0.05, 0.1) is 0 Å². The van der Waals surface area contributed by atoms with E-state index in [9.17, 15) is 5.11 Å². The Labute approximate surface area is 78.2 Å². The van der Waals surface area contributed by atoms with Gasteiger partial charge in [-0.25, -0.2) is 9.97 Å². The first kappa shape index (κ1) is 9.86. The Morgan fingerprint density at radius 2 is 2.15 bits per heavy atom. The summed E-state index contributed by atoms with van der Waals surface area (Å²) in [5.74, 6) is 0.470. The summed E-state index contributed by atoms with van der Waals surface area (Å²) in [6.45, 7) is 5.84. The third kappa shape index (κ3) is 2.95. The molecule has 0 aliphatic rings. The third-order valence-corrected chi connectivity index (χ3v) is 1.87. The van der Waals surface area contributed by atoms with Crippen molar-refractivity contribution >= 4 is 0 Å². The van der Waals surface area contributed by atoms with Crippen LogP contribution in [0.3, 0.4) is 0 Å². The Hall–Kier alpha value is -1.22. The van der Waals surface area contributed by atoms with Crippen LogP contribution in [0.1, 0.15) is 31.7 Å². The van der Waals surface area contributed by atoms with Crippen LogP contribution in [-0.2, 0) is 0 Å². The van der Waals surface area contributed by atoms with E-state index in [1.54, 1.807) is 18.5 Å². The first-order chi connectivity index (χ1) is 6.24. The predicted octanol–water partition coefficient (Wildman–Crippen LogP) is 1.87. The highest BCUT2D eigenvalue weighted by Crippen LogP contribution is 2.17. The summed E-state index contributed by atoms with van der Waals surface area (Å²) < 4.78 is 0. The molecule has 1 unspecified atom stereocenters. The number of hydrogen-bond acceptors (Lipinski definition) is 3. The highest BCUT2D eigenvalue weighted by molar-refractivity contribution is 5.01. The van der Waals surface area contributed by atoms with Gasteiger partial charge in [-0.15, -0.1) is 0 Å². The molecule has 3 nitrogen and oxygen atoms in total. The maximum Gasteiger partial charge on any atom is 0.157 e. The Bertz CT molecular complexity index is 272. The van der Waals surface area contributed by atoms with Crippen LogP contribution in [0, 0.1) is 0 Å². The third-order valence-electron chi connectivity index (χ3n) is 1.87. The second-order valence-electron chi connectivity index (χ2n) is 2.93. The number of aliphatic hydroxyl groups is 1. The predicted molar refractivity (Wildman–Crippen MR) is 51.0 cm³/mol. The summed E-state index contributed by atoms with van der Waals surface area (Å²) in [6, 6.07) is 1.73. The van der Waals surface area contributed by atoms with E-state index in [1.165, 1.54) is 0 Å². The SMILES string of the molecule is C=C(CC)CC(O)c1ncccn1. The number of nitrogens with zero attached hydrogens (tertiary/aromatic N) is 2. The summed E-state index contributed by atoms with van der Waals surface area (Å²) in [6.07, 6.45) is 4.05. The van der Waals surface area contributed by atoms with E-state index in [0.717, 1.165) is 12.0 Å². The van der Waals surface area contributed by atoms with E-state index in [-0.39, 0.29) is 0 Å². The molecule has 1 aromatic heterocycles. The zero-order valence-electron chi connectivity index (χ0n) is 7.77. The largest absolute Gasteiger partial charge is 0.385 e. The quantitative estimate of drug-likeness (QED) is 0.716. The van der Waals surface area contributed by atoms with Gasteiger partial charge in [-0.05, 0) is 12.5 Å². The van der Waals surface area contributed by atoms with E-state index in [0.29, 0.717) is 12.2 Å². The Morgan fingerprint density at radius 1 is 1.54 bits per heavy atom. The van der Waals surface area contributed by atoms with Crippen molar-refractivity contribution in [1.82, 2.24) is 9.97 Å². The van der Waals surface area contributed by atoms with Crippen LogP contribution in [0.15, 0.2) is 30.6 Å². The topological polar surface area (TPSA) is 46.0 Å². The molecule has 0 aliphatic heterocycles. The van der Waals surface area contributed by atoms with Crippen LogP contribution in [0.4, 0.5) is 0 Å². The molecule has 1 N–H and O–H groups in total. The van der Waals surface area contributed by atoms with Crippen LogP contribution in [0.5, 0.6) is 0 Å². The highest BCUT2D eigenvalue weighted by Gasteiger charge is 2.10. The number of hydrogen-bond donors (Lipinski definition) is 1. The van der Waals surface area contributed by atoms with Crippen molar-refractivity contribution in [3.63, 3.8) is 0 Å². The molecular weight excluding hydrogens is 164 g/mol. The van der Waals surface area contributed by atoms with Crippen LogP contribution >= 0.6 is 0 Å². The first-order valence-corrected chi connectivity index (χ1v) is 4.35. The fourth-order valence-electron chi connectivity index (χ4n) is 0.992. The Morgan fingerprint density at radius 3 is 2.69 bits per heavy atom. The van der Waals surface area contributed by atoms with Gasteiger partial charge in [-0.1, -0.05) is 19.1 Å². The molecule has 1 aromatic rings. The molecule has 70 valence electrons. The van der Waals surface area contributed by atoms with Crippen molar-refractivity contribution in [2.24, 2.45) is 0 Å². The van der Waals surface area contributed by atoms with Crippen molar-refractivity contribution in [2.75, 3.05) is 0 Å². The zero-order chi connectivity index (χ0) is 9.68. The average molecular weight is 178 g/mol. The molecule has 0 amide bonds. The van der Waals surface area contributed by atoms with Crippen molar-refractivity contribution in [2.45, 2.75) is 25.9 Å². The zero-order valence-corrected chi connectivity index (χ0v) is 7.77. The van der Waals surface area contributed by atoms with Gasteiger partial charge < -0.3 is 5.11 Å². The van der Waals surface area contributed by atoms with E-state index < -0.39 is 6.10 Å². The fraction of sp³-hybridized carbons (Fsp3) is 0.400.